The molecule has 5 heteroatoms. The number of carbonyl (C=O) groups is 1. The van der Waals surface area contributed by atoms with Gasteiger partial charge >= 0.3 is 0 Å². The summed E-state index contributed by atoms with van der Waals surface area (Å²) in [7, 11) is 0. The first kappa shape index (κ1) is 17.8. The molecule has 0 spiro atoms. The Bertz CT molecular complexity index is 775. The Labute approximate surface area is 177 Å². The number of hydrogen-bond acceptors (Lipinski definition) is 5. The molecule has 8 fully saturated rings. The molecule has 1 heterocycles. The van der Waals surface area contributed by atoms with E-state index in [0.29, 0.717) is 16.8 Å². The van der Waals surface area contributed by atoms with Crippen LogP contribution in [0.4, 0.5) is 0 Å². The molecule has 0 atom stereocenters. The van der Waals surface area contributed by atoms with Gasteiger partial charge in [-0.25, -0.2) is 0 Å². The third-order valence-corrected chi connectivity index (χ3v) is 10.7. The van der Waals surface area contributed by atoms with Crippen LogP contribution in [-0.2, 0) is 10.2 Å². The highest BCUT2D eigenvalue weighted by Crippen LogP contribution is 2.62. The molecule has 1 aromatic heterocycles. The number of ketones is 1. The molecule has 8 aliphatic carbocycles. The lowest BCUT2D eigenvalue weighted by molar-refractivity contribution is -0.141. The van der Waals surface area contributed by atoms with E-state index in [1.807, 2.05) is 0 Å². The second-order valence-electron chi connectivity index (χ2n) is 12.0. The summed E-state index contributed by atoms with van der Waals surface area (Å²) < 4.78 is 6.23. The number of rotatable bonds is 5. The van der Waals surface area contributed by atoms with Crippen molar-refractivity contribution in [1.82, 2.24) is 10.2 Å². The van der Waals surface area contributed by atoms with Crippen LogP contribution in [0, 0.1) is 40.9 Å². The van der Waals surface area contributed by atoms with Crippen molar-refractivity contribution in [1.29, 1.82) is 0 Å². The van der Waals surface area contributed by atoms with E-state index in [1.54, 1.807) is 0 Å². The van der Waals surface area contributed by atoms with Crippen LogP contribution >= 0.6 is 11.8 Å². The SMILES string of the molecule is O=C(CSc1nnc(C23CC4CC(CC(C4)C2)C3)o1)C12CC3CC(CC(C3)C1)C2. The molecule has 29 heavy (non-hydrogen) atoms. The fourth-order valence-corrected chi connectivity index (χ4v) is 10.4. The molecular formula is C24H32N2O2S. The molecule has 0 saturated heterocycles. The summed E-state index contributed by atoms with van der Waals surface area (Å²) in [5, 5.41) is 9.55. The average molecular weight is 413 g/mol. The lowest BCUT2D eigenvalue weighted by Crippen LogP contribution is -2.50. The van der Waals surface area contributed by atoms with E-state index in [0.717, 1.165) is 60.7 Å². The molecule has 156 valence electrons. The first-order valence-corrected chi connectivity index (χ1v) is 13.1. The van der Waals surface area contributed by atoms with Crippen LogP contribution < -0.4 is 0 Å². The van der Waals surface area contributed by atoms with Gasteiger partial charge in [-0.2, -0.15) is 0 Å². The van der Waals surface area contributed by atoms with Gasteiger partial charge in [-0.15, -0.1) is 10.2 Å². The highest BCUT2D eigenvalue weighted by atomic mass is 32.2. The van der Waals surface area contributed by atoms with Crippen LogP contribution in [0.3, 0.4) is 0 Å². The fraction of sp³-hybridized carbons (Fsp3) is 0.875. The van der Waals surface area contributed by atoms with Gasteiger partial charge in [0, 0.05) is 10.8 Å². The number of nitrogens with zero attached hydrogens (tertiary/aromatic N) is 2. The van der Waals surface area contributed by atoms with Crippen LogP contribution in [0.2, 0.25) is 0 Å². The van der Waals surface area contributed by atoms with Crippen LogP contribution in [-0.4, -0.2) is 21.7 Å². The Balaban J connectivity index is 1.05. The molecule has 8 saturated carbocycles. The minimum atomic E-state index is -0.00940. The van der Waals surface area contributed by atoms with E-state index in [9.17, 15) is 4.79 Å². The number of Topliss-reactive ketones (excluding diaryl/α,β-unsaturated/α-hetero) is 1. The smallest absolute Gasteiger partial charge is 0.277 e. The van der Waals surface area contributed by atoms with Crippen molar-refractivity contribution in [2.45, 2.75) is 87.7 Å². The van der Waals surface area contributed by atoms with Crippen molar-refractivity contribution >= 4 is 17.5 Å². The molecule has 0 aromatic carbocycles. The van der Waals surface area contributed by atoms with Gasteiger partial charge in [-0.05, 0) is 113 Å². The third kappa shape index (κ3) is 2.74. The standard InChI is InChI=1S/C24H32N2O2S/c27-20(23-7-14-1-15(8-23)3-16(2-14)9-23)13-29-22-26-25-21(28-22)24-10-17-4-18(11-24)6-19(5-17)12-24/h14-19H,1-13H2. The van der Waals surface area contributed by atoms with Gasteiger partial charge < -0.3 is 4.42 Å². The zero-order valence-electron chi connectivity index (χ0n) is 17.3. The maximum Gasteiger partial charge on any atom is 0.277 e. The summed E-state index contributed by atoms with van der Waals surface area (Å²) in [6.45, 7) is 0. The Kier molecular flexibility index (Phi) is 3.75. The highest BCUT2D eigenvalue weighted by Gasteiger charge is 2.55. The molecule has 0 aliphatic heterocycles. The van der Waals surface area contributed by atoms with E-state index >= 15 is 0 Å². The Morgan fingerprint density at radius 3 is 1.79 bits per heavy atom. The van der Waals surface area contributed by atoms with E-state index < -0.39 is 0 Å². The minimum Gasteiger partial charge on any atom is -0.415 e. The first-order valence-electron chi connectivity index (χ1n) is 12.1. The minimum absolute atomic E-state index is 0.00940. The summed E-state index contributed by atoms with van der Waals surface area (Å²) >= 11 is 1.51. The van der Waals surface area contributed by atoms with Crippen molar-refractivity contribution in [3.63, 3.8) is 0 Å². The van der Waals surface area contributed by atoms with Gasteiger partial charge in [-0.3, -0.25) is 4.79 Å². The Morgan fingerprint density at radius 1 is 0.793 bits per heavy atom. The molecule has 9 rings (SSSR count). The quantitative estimate of drug-likeness (QED) is 0.605. The molecule has 8 bridgehead atoms. The van der Waals surface area contributed by atoms with Gasteiger partial charge in [-0.1, -0.05) is 11.8 Å². The van der Waals surface area contributed by atoms with Crippen LogP contribution in [0.15, 0.2) is 9.64 Å². The Morgan fingerprint density at radius 2 is 1.28 bits per heavy atom. The number of carbonyl (C=O) groups excluding carboxylic acids is 1. The molecule has 1 aromatic rings. The molecular weight excluding hydrogens is 380 g/mol. The van der Waals surface area contributed by atoms with Crippen molar-refractivity contribution < 1.29 is 9.21 Å². The van der Waals surface area contributed by atoms with Gasteiger partial charge in [0.15, 0.2) is 0 Å². The molecule has 0 radical (unpaired) electrons. The summed E-state index contributed by atoms with van der Waals surface area (Å²) in [5.74, 6) is 6.97. The van der Waals surface area contributed by atoms with E-state index in [4.69, 9.17) is 4.42 Å². The summed E-state index contributed by atoms with van der Waals surface area (Å²) in [4.78, 5) is 13.3. The topological polar surface area (TPSA) is 56.0 Å². The molecule has 0 unspecified atom stereocenters. The van der Waals surface area contributed by atoms with Gasteiger partial charge in [0.1, 0.15) is 5.78 Å². The lowest BCUT2D eigenvalue weighted by Gasteiger charge is -2.56. The second-order valence-corrected chi connectivity index (χ2v) is 12.9. The van der Waals surface area contributed by atoms with Gasteiger partial charge in [0.25, 0.3) is 5.22 Å². The van der Waals surface area contributed by atoms with Crippen LogP contribution in [0.1, 0.15) is 82.9 Å². The normalized spacial score (nSPS) is 49.1. The monoisotopic (exact) mass is 412 g/mol. The zero-order chi connectivity index (χ0) is 19.2. The van der Waals surface area contributed by atoms with E-state index in [1.165, 1.54) is 69.5 Å². The maximum absolute atomic E-state index is 13.3. The largest absolute Gasteiger partial charge is 0.415 e. The number of aromatic nitrogens is 2. The second kappa shape index (κ2) is 6.11. The van der Waals surface area contributed by atoms with Crippen molar-refractivity contribution in [3.8, 4) is 0 Å². The van der Waals surface area contributed by atoms with Gasteiger partial charge in [0.05, 0.1) is 5.75 Å². The highest BCUT2D eigenvalue weighted by molar-refractivity contribution is 7.99. The van der Waals surface area contributed by atoms with Crippen molar-refractivity contribution in [3.05, 3.63) is 5.89 Å². The van der Waals surface area contributed by atoms with Crippen molar-refractivity contribution in [2.24, 2.45) is 40.9 Å². The number of hydrogen-bond donors (Lipinski definition) is 0. The Hall–Kier alpha value is -0.840. The molecule has 0 amide bonds. The predicted molar refractivity (Wildman–Crippen MR) is 110 cm³/mol. The van der Waals surface area contributed by atoms with Crippen molar-refractivity contribution in [2.75, 3.05) is 5.75 Å². The fourth-order valence-electron chi connectivity index (χ4n) is 9.59. The summed E-state index contributed by atoms with van der Waals surface area (Å²) in [6.07, 6.45) is 15.6. The lowest BCUT2D eigenvalue weighted by atomic mass is 9.48. The number of thioether (sulfide) groups is 1. The molecule has 4 nitrogen and oxygen atoms in total. The zero-order valence-corrected chi connectivity index (χ0v) is 18.1. The predicted octanol–water partition coefficient (Wildman–Crippen LogP) is 5.42. The molecule has 8 aliphatic rings. The average Bonchev–Trinajstić information content (AvgIpc) is 3.14. The van der Waals surface area contributed by atoms with Crippen LogP contribution in [0.25, 0.3) is 0 Å². The summed E-state index contributed by atoms with van der Waals surface area (Å²) in [5.41, 5.74) is 0.148. The van der Waals surface area contributed by atoms with Gasteiger partial charge in [0.2, 0.25) is 5.89 Å². The summed E-state index contributed by atoms with van der Waals surface area (Å²) in [6, 6.07) is 0. The maximum atomic E-state index is 13.3. The molecule has 0 N–H and O–H groups in total. The first-order chi connectivity index (χ1) is 14.1. The van der Waals surface area contributed by atoms with E-state index in [2.05, 4.69) is 10.2 Å². The van der Waals surface area contributed by atoms with Crippen LogP contribution in [0.5, 0.6) is 0 Å². The van der Waals surface area contributed by atoms with E-state index in [-0.39, 0.29) is 10.8 Å². The third-order valence-electron chi connectivity index (χ3n) is 9.85.